The summed E-state index contributed by atoms with van der Waals surface area (Å²) in [5.41, 5.74) is 0.974. The summed E-state index contributed by atoms with van der Waals surface area (Å²) in [6.07, 6.45) is 2.58. The summed E-state index contributed by atoms with van der Waals surface area (Å²) in [5.74, 6) is 2.12. The van der Waals surface area contributed by atoms with Crippen molar-refractivity contribution in [2.75, 3.05) is 13.1 Å². The van der Waals surface area contributed by atoms with Crippen LogP contribution in [0.3, 0.4) is 0 Å². The van der Waals surface area contributed by atoms with Crippen LogP contribution in [0.15, 0.2) is 33.3 Å². The minimum atomic E-state index is 0.659. The fourth-order valence-corrected chi connectivity index (χ4v) is 3.08. The van der Waals surface area contributed by atoms with Gasteiger partial charge in [0, 0.05) is 16.6 Å². The van der Waals surface area contributed by atoms with Gasteiger partial charge < -0.3 is 4.52 Å². The monoisotopic (exact) mass is 335 g/mol. The van der Waals surface area contributed by atoms with Crippen molar-refractivity contribution in [1.29, 1.82) is 0 Å². The van der Waals surface area contributed by atoms with E-state index in [1.54, 1.807) is 0 Å². The van der Waals surface area contributed by atoms with Gasteiger partial charge in [-0.2, -0.15) is 4.98 Å². The molecule has 1 unspecified atom stereocenters. The van der Waals surface area contributed by atoms with Gasteiger partial charge in [-0.05, 0) is 37.4 Å². The second-order valence-electron chi connectivity index (χ2n) is 5.50. The van der Waals surface area contributed by atoms with E-state index in [0.29, 0.717) is 11.7 Å². The number of aromatic nitrogens is 2. The third-order valence-corrected chi connectivity index (χ3v) is 4.14. The lowest BCUT2D eigenvalue weighted by atomic mass is 10.0. The maximum atomic E-state index is 5.38. The maximum Gasteiger partial charge on any atom is 0.241 e. The van der Waals surface area contributed by atoms with Gasteiger partial charge in [-0.25, -0.2) is 0 Å². The summed E-state index contributed by atoms with van der Waals surface area (Å²) in [4.78, 5) is 6.90. The summed E-state index contributed by atoms with van der Waals surface area (Å²) >= 11 is 3.46. The van der Waals surface area contributed by atoms with E-state index >= 15 is 0 Å². The SMILES string of the molecule is CC1CCCN(Cc2nc(-c3cccc(Br)c3)no2)C1. The molecule has 1 fully saturated rings. The van der Waals surface area contributed by atoms with E-state index in [4.69, 9.17) is 4.52 Å². The highest BCUT2D eigenvalue weighted by molar-refractivity contribution is 9.10. The molecule has 3 rings (SSSR count). The van der Waals surface area contributed by atoms with Gasteiger partial charge in [-0.3, -0.25) is 4.90 Å². The average Bonchev–Trinajstić information content (AvgIpc) is 2.87. The molecule has 1 atom stereocenters. The molecule has 1 aliphatic rings. The van der Waals surface area contributed by atoms with Crippen molar-refractivity contribution in [1.82, 2.24) is 15.0 Å². The van der Waals surface area contributed by atoms with E-state index in [1.165, 1.54) is 12.8 Å². The highest BCUT2D eigenvalue weighted by Crippen LogP contribution is 2.22. The highest BCUT2D eigenvalue weighted by Gasteiger charge is 2.19. The van der Waals surface area contributed by atoms with Crippen LogP contribution in [0.5, 0.6) is 0 Å². The van der Waals surface area contributed by atoms with Crippen LogP contribution in [0.1, 0.15) is 25.7 Å². The minimum absolute atomic E-state index is 0.659. The van der Waals surface area contributed by atoms with Crippen LogP contribution in [-0.2, 0) is 6.54 Å². The zero-order valence-electron chi connectivity index (χ0n) is 11.6. The summed E-state index contributed by atoms with van der Waals surface area (Å²) in [6, 6.07) is 7.95. The van der Waals surface area contributed by atoms with Gasteiger partial charge in [-0.1, -0.05) is 40.1 Å². The molecule has 0 saturated carbocycles. The topological polar surface area (TPSA) is 42.2 Å². The predicted octanol–water partition coefficient (Wildman–Crippen LogP) is 3.73. The Hall–Kier alpha value is -1.20. The van der Waals surface area contributed by atoms with Crippen LogP contribution >= 0.6 is 15.9 Å². The molecule has 106 valence electrons. The van der Waals surface area contributed by atoms with E-state index in [-0.39, 0.29) is 0 Å². The summed E-state index contributed by atoms with van der Waals surface area (Å²) < 4.78 is 6.40. The number of nitrogens with zero attached hydrogens (tertiary/aromatic N) is 3. The Bertz CT molecular complexity index is 584. The number of benzene rings is 1. The number of rotatable bonds is 3. The van der Waals surface area contributed by atoms with Crippen LogP contribution in [0.4, 0.5) is 0 Å². The molecule has 1 aliphatic heterocycles. The van der Waals surface area contributed by atoms with Crippen LogP contribution in [0.25, 0.3) is 11.4 Å². The van der Waals surface area contributed by atoms with Crippen LogP contribution in [0.2, 0.25) is 0 Å². The van der Waals surface area contributed by atoms with Gasteiger partial charge in [0.2, 0.25) is 11.7 Å². The number of hydrogen-bond acceptors (Lipinski definition) is 4. The molecule has 1 aromatic heterocycles. The van der Waals surface area contributed by atoms with Gasteiger partial charge in [0.25, 0.3) is 0 Å². The van der Waals surface area contributed by atoms with Crippen molar-refractivity contribution in [3.8, 4) is 11.4 Å². The first kappa shape index (κ1) is 13.8. The Balaban J connectivity index is 1.70. The average molecular weight is 336 g/mol. The second-order valence-corrected chi connectivity index (χ2v) is 6.42. The second kappa shape index (κ2) is 6.06. The molecule has 4 nitrogen and oxygen atoms in total. The molecule has 20 heavy (non-hydrogen) atoms. The van der Waals surface area contributed by atoms with Gasteiger partial charge in [0.05, 0.1) is 6.54 Å². The van der Waals surface area contributed by atoms with Crippen molar-refractivity contribution in [3.05, 3.63) is 34.6 Å². The first-order valence-electron chi connectivity index (χ1n) is 7.01. The van der Waals surface area contributed by atoms with Gasteiger partial charge in [-0.15, -0.1) is 0 Å². The van der Waals surface area contributed by atoms with Gasteiger partial charge in [0.1, 0.15) is 0 Å². The van der Waals surface area contributed by atoms with E-state index in [9.17, 15) is 0 Å². The third-order valence-electron chi connectivity index (χ3n) is 3.65. The van der Waals surface area contributed by atoms with Crippen LogP contribution in [0, 0.1) is 5.92 Å². The largest absolute Gasteiger partial charge is 0.338 e. The molecule has 0 bridgehead atoms. The van der Waals surface area contributed by atoms with E-state index in [1.807, 2.05) is 24.3 Å². The van der Waals surface area contributed by atoms with E-state index in [2.05, 4.69) is 37.9 Å². The number of likely N-dealkylation sites (tertiary alicyclic amines) is 1. The molecular weight excluding hydrogens is 318 g/mol. The van der Waals surface area contributed by atoms with Crippen molar-refractivity contribution in [2.24, 2.45) is 5.92 Å². The fraction of sp³-hybridized carbons (Fsp3) is 0.467. The lowest BCUT2D eigenvalue weighted by Gasteiger charge is -2.29. The standard InChI is InChI=1S/C15H18BrN3O/c1-11-4-3-7-19(9-11)10-14-17-15(18-20-14)12-5-2-6-13(16)8-12/h2,5-6,8,11H,3-4,7,9-10H2,1H3. The smallest absolute Gasteiger partial charge is 0.241 e. The van der Waals surface area contributed by atoms with Crippen molar-refractivity contribution < 1.29 is 4.52 Å². The molecule has 0 N–H and O–H groups in total. The summed E-state index contributed by atoms with van der Waals surface area (Å²) in [5, 5.41) is 4.08. The Morgan fingerprint density at radius 1 is 1.45 bits per heavy atom. The lowest BCUT2D eigenvalue weighted by Crippen LogP contribution is -2.33. The van der Waals surface area contributed by atoms with Crippen LogP contribution < -0.4 is 0 Å². The third kappa shape index (κ3) is 3.27. The normalized spacial score (nSPS) is 20.2. The Labute approximate surface area is 127 Å². The molecular formula is C15H18BrN3O. The van der Waals surface area contributed by atoms with E-state index < -0.39 is 0 Å². The zero-order chi connectivity index (χ0) is 13.9. The molecule has 5 heteroatoms. The summed E-state index contributed by atoms with van der Waals surface area (Å²) in [7, 11) is 0. The van der Waals surface area contributed by atoms with Crippen LogP contribution in [-0.4, -0.2) is 28.1 Å². The first-order valence-corrected chi connectivity index (χ1v) is 7.81. The molecule has 1 saturated heterocycles. The van der Waals surface area contributed by atoms with Crippen molar-refractivity contribution in [3.63, 3.8) is 0 Å². The predicted molar refractivity (Wildman–Crippen MR) is 81.1 cm³/mol. The molecule has 2 aromatic rings. The number of piperidine rings is 1. The molecule has 0 spiro atoms. The maximum absolute atomic E-state index is 5.38. The summed E-state index contributed by atoms with van der Waals surface area (Å²) in [6.45, 7) is 5.30. The number of hydrogen-bond donors (Lipinski definition) is 0. The minimum Gasteiger partial charge on any atom is -0.338 e. The molecule has 0 aliphatic carbocycles. The quantitative estimate of drug-likeness (QED) is 0.856. The Morgan fingerprint density at radius 3 is 3.15 bits per heavy atom. The van der Waals surface area contributed by atoms with Gasteiger partial charge >= 0.3 is 0 Å². The fourth-order valence-electron chi connectivity index (χ4n) is 2.69. The molecule has 1 aromatic carbocycles. The van der Waals surface area contributed by atoms with Gasteiger partial charge in [0.15, 0.2) is 0 Å². The molecule has 0 amide bonds. The first-order chi connectivity index (χ1) is 9.70. The molecule has 2 heterocycles. The van der Waals surface area contributed by atoms with E-state index in [0.717, 1.165) is 35.6 Å². The number of halogens is 1. The Kier molecular flexibility index (Phi) is 4.17. The van der Waals surface area contributed by atoms with Crippen molar-refractivity contribution >= 4 is 15.9 Å². The Morgan fingerprint density at radius 2 is 2.35 bits per heavy atom. The highest BCUT2D eigenvalue weighted by atomic mass is 79.9. The van der Waals surface area contributed by atoms with Crippen molar-refractivity contribution in [2.45, 2.75) is 26.3 Å². The lowest BCUT2D eigenvalue weighted by molar-refractivity contribution is 0.157. The molecule has 0 radical (unpaired) electrons. The zero-order valence-corrected chi connectivity index (χ0v) is 13.1.